The Balaban J connectivity index is 0.00000300. The Bertz CT molecular complexity index is 683. The number of piperazine rings is 1. The van der Waals surface area contributed by atoms with Gasteiger partial charge in [0.15, 0.2) is 0 Å². The topological polar surface area (TPSA) is 24.5 Å². The summed E-state index contributed by atoms with van der Waals surface area (Å²) in [6.45, 7) is 2.35. The van der Waals surface area contributed by atoms with Crippen LogP contribution in [0.2, 0.25) is 0 Å². The second-order valence-corrected chi connectivity index (χ2v) is 7.41. The van der Waals surface area contributed by atoms with Gasteiger partial charge in [0.1, 0.15) is 5.75 Å². The third-order valence-electron chi connectivity index (χ3n) is 5.68. The standard InChI is InChI=1S/C19H24F6N2O.ClH/c1-28-15-11-13(18(20,21)22)10-14(19(23,24)25)16(15)17(12-4-2-3-5-12)27-8-6-26-7-9-27;/h10-12,17,26H,2-9H2,1H3;1H/t17-;/m0./s1. The first-order chi connectivity index (χ1) is 13.1. The van der Waals surface area contributed by atoms with Crippen molar-refractivity contribution in [1.82, 2.24) is 10.2 Å². The van der Waals surface area contributed by atoms with E-state index in [2.05, 4.69) is 5.32 Å². The van der Waals surface area contributed by atoms with Crippen LogP contribution in [0, 0.1) is 5.92 Å². The quantitative estimate of drug-likeness (QED) is 0.636. The van der Waals surface area contributed by atoms with Crippen molar-refractivity contribution in [1.29, 1.82) is 0 Å². The monoisotopic (exact) mass is 446 g/mol. The Morgan fingerprint density at radius 3 is 2.07 bits per heavy atom. The van der Waals surface area contributed by atoms with E-state index in [1.54, 1.807) is 0 Å². The molecule has 166 valence electrons. The normalized spacial score (nSPS) is 20.4. The van der Waals surface area contributed by atoms with Crippen LogP contribution in [0.1, 0.15) is 48.4 Å². The first kappa shape index (κ1) is 24.1. The van der Waals surface area contributed by atoms with E-state index in [-0.39, 0.29) is 35.7 Å². The fraction of sp³-hybridized carbons (Fsp3) is 0.684. The maximum atomic E-state index is 13.9. The molecule has 1 heterocycles. The van der Waals surface area contributed by atoms with Crippen molar-refractivity contribution in [2.45, 2.75) is 44.1 Å². The van der Waals surface area contributed by atoms with Crippen LogP contribution in [0.5, 0.6) is 5.75 Å². The second kappa shape index (κ2) is 9.31. The lowest BCUT2D eigenvalue weighted by Crippen LogP contribution is -2.47. The first-order valence-corrected chi connectivity index (χ1v) is 9.44. The van der Waals surface area contributed by atoms with Gasteiger partial charge in [0.05, 0.1) is 18.2 Å². The van der Waals surface area contributed by atoms with Gasteiger partial charge in [0, 0.05) is 37.8 Å². The fourth-order valence-corrected chi connectivity index (χ4v) is 4.45. The van der Waals surface area contributed by atoms with Crippen molar-refractivity contribution >= 4 is 12.4 Å². The summed E-state index contributed by atoms with van der Waals surface area (Å²) in [6.07, 6.45) is -6.44. The van der Waals surface area contributed by atoms with Crippen molar-refractivity contribution in [3.8, 4) is 5.75 Å². The zero-order valence-electron chi connectivity index (χ0n) is 16.0. The number of nitrogens with zero attached hydrogens (tertiary/aromatic N) is 1. The van der Waals surface area contributed by atoms with Gasteiger partial charge in [-0.1, -0.05) is 12.8 Å². The fourth-order valence-electron chi connectivity index (χ4n) is 4.45. The van der Waals surface area contributed by atoms with Crippen LogP contribution >= 0.6 is 12.4 Å². The SMILES string of the molecule is COc1cc(C(F)(F)F)cc(C(F)(F)F)c1[C@H](C1CCCC1)N1CCNCC1.Cl. The molecule has 0 spiro atoms. The third-order valence-corrected chi connectivity index (χ3v) is 5.68. The zero-order chi connectivity index (χ0) is 20.5. The van der Waals surface area contributed by atoms with E-state index >= 15 is 0 Å². The number of alkyl halides is 6. The molecule has 0 unspecified atom stereocenters. The number of hydrogen-bond acceptors (Lipinski definition) is 3. The number of benzene rings is 1. The van der Waals surface area contributed by atoms with E-state index in [1.165, 1.54) is 0 Å². The molecule has 0 bridgehead atoms. The molecule has 3 rings (SSSR count). The Morgan fingerprint density at radius 1 is 1.00 bits per heavy atom. The number of ether oxygens (including phenoxy) is 1. The molecule has 1 saturated carbocycles. The molecule has 0 aromatic heterocycles. The van der Waals surface area contributed by atoms with E-state index < -0.39 is 29.5 Å². The molecule has 1 saturated heterocycles. The summed E-state index contributed by atoms with van der Waals surface area (Å²) in [5.41, 5.74) is -2.74. The summed E-state index contributed by atoms with van der Waals surface area (Å²) >= 11 is 0. The summed E-state index contributed by atoms with van der Waals surface area (Å²) in [4.78, 5) is 1.97. The highest BCUT2D eigenvalue weighted by atomic mass is 35.5. The highest BCUT2D eigenvalue weighted by Crippen LogP contribution is 2.49. The van der Waals surface area contributed by atoms with Crippen LogP contribution in [0.4, 0.5) is 26.3 Å². The molecule has 10 heteroatoms. The van der Waals surface area contributed by atoms with Gasteiger partial charge in [0.25, 0.3) is 0 Å². The predicted molar refractivity (Wildman–Crippen MR) is 99.4 cm³/mol. The van der Waals surface area contributed by atoms with Gasteiger partial charge >= 0.3 is 12.4 Å². The average Bonchev–Trinajstić information content (AvgIpc) is 3.15. The summed E-state index contributed by atoms with van der Waals surface area (Å²) in [5.74, 6) is -0.373. The molecule has 1 aliphatic heterocycles. The first-order valence-electron chi connectivity index (χ1n) is 9.44. The van der Waals surface area contributed by atoms with Gasteiger partial charge in [-0.25, -0.2) is 0 Å². The number of hydrogen-bond donors (Lipinski definition) is 1. The van der Waals surface area contributed by atoms with Crippen molar-refractivity contribution in [2.24, 2.45) is 5.92 Å². The Hall–Kier alpha value is -1.19. The molecule has 29 heavy (non-hydrogen) atoms. The summed E-state index contributed by atoms with van der Waals surface area (Å²) in [6, 6.07) is 0.329. The minimum absolute atomic E-state index is 0. The molecule has 2 aliphatic rings. The molecular weight excluding hydrogens is 422 g/mol. The summed E-state index contributed by atoms with van der Waals surface area (Å²) in [7, 11) is 1.13. The van der Waals surface area contributed by atoms with Crippen molar-refractivity contribution < 1.29 is 31.1 Å². The van der Waals surface area contributed by atoms with Crippen molar-refractivity contribution in [3.63, 3.8) is 0 Å². The smallest absolute Gasteiger partial charge is 0.416 e. The Labute approximate surface area is 172 Å². The van der Waals surface area contributed by atoms with E-state index in [9.17, 15) is 26.3 Å². The maximum Gasteiger partial charge on any atom is 0.416 e. The molecule has 1 aromatic carbocycles. The lowest BCUT2D eigenvalue weighted by atomic mass is 9.85. The van der Waals surface area contributed by atoms with Crippen molar-refractivity contribution in [2.75, 3.05) is 33.3 Å². The maximum absolute atomic E-state index is 13.9. The second-order valence-electron chi connectivity index (χ2n) is 7.41. The van der Waals surface area contributed by atoms with Gasteiger partial charge in [-0.3, -0.25) is 4.90 Å². The van der Waals surface area contributed by atoms with Crippen LogP contribution in [0.15, 0.2) is 12.1 Å². The highest BCUT2D eigenvalue weighted by Gasteiger charge is 2.44. The number of nitrogens with one attached hydrogen (secondary N) is 1. The minimum Gasteiger partial charge on any atom is -0.496 e. The molecule has 0 radical (unpaired) electrons. The van der Waals surface area contributed by atoms with E-state index in [4.69, 9.17) is 4.74 Å². The van der Waals surface area contributed by atoms with Crippen LogP contribution in [0.3, 0.4) is 0 Å². The van der Waals surface area contributed by atoms with Gasteiger partial charge in [-0.15, -0.1) is 12.4 Å². The lowest BCUT2D eigenvalue weighted by molar-refractivity contribution is -0.144. The number of rotatable bonds is 4. The molecule has 3 nitrogen and oxygen atoms in total. The van der Waals surface area contributed by atoms with E-state index in [1.807, 2.05) is 4.90 Å². The number of methoxy groups -OCH3 is 1. The molecule has 1 atom stereocenters. The van der Waals surface area contributed by atoms with E-state index in [0.717, 1.165) is 32.8 Å². The van der Waals surface area contributed by atoms with Gasteiger partial charge in [-0.2, -0.15) is 26.3 Å². The Morgan fingerprint density at radius 2 is 1.59 bits per heavy atom. The molecule has 1 aromatic rings. The predicted octanol–water partition coefficient (Wildman–Crippen LogP) is 5.29. The summed E-state index contributed by atoms with van der Waals surface area (Å²) in [5, 5.41) is 3.17. The number of halogens is 7. The highest BCUT2D eigenvalue weighted by molar-refractivity contribution is 5.85. The zero-order valence-corrected chi connectivity index (χ0v) is 16.8. The largest absolute Gasteiger partial charge is 0.496 e. The van der Waals surface area contributed by atoms with Gasteiger partial charge in [0.2, 0.25) is 0 Å². The van der Waals surface area contributed by atoms with Crippen LogP contribution in [-0.2, 0) is 12.4 Å². The molecular formula is C19H25ClF6N2O. The van der Waals surface area contributed by atoms with E-state index in [0.29, 0.717) is 32.2 Å². The minimum atomic E-state index is -4.91. The molecule has 2 fully saturated rings. The molecule has 1 aliphatic carbocycles. The van der Waals surface area contributed by atoms with Crippen molar-refractivity contribution in [3.05, 3.63) is 28.8 Å². The summed E-state index contributed by atoms with van der Waals surface area (Å²) < 4.78 is 86.4. The van der Waals surface area contributed by atoms with Gasteiger partial charge in [-0.05, 0) is 30.9 Å². The molecule has 0 amide bonds. The Kier molecular flexibility index (Phi) is 7.73. The molecule has 1 N–H and O–H groups in total. The van der Waals surface area contributed by atoms with Crippen LogP contribution in [-0.4, -0.2) is 38.2 Å². The van der Waals surface area contributed by atoms with Crippen LogP contribution in [0.25, 0.3) is 0 Å². The van der Waals surface area contributed by atoms with Gasteiger partial charge < -0.3 is 10.1 Å². The van der Waals surface area contributed by atoms with Crippen LogP contribution < -0.4 is 10.1 Å². The average molecular weight is 447 g/mol. The third kappa shape index (κ3) is 5.30. The lowest BCUT2D eigenvalue weighted by Gasteiger charge is -2.40.